The van der Waals surface area contributed by atoms with Gasteiger partial charge in [-0.05, 0) is 37.9 Å². The molecule has 0 aliphatic rings. The maximum Gasteiger partial charge on any atom is 0.136 e. The molecule has 5 aromatic rings. The summed E-state index contributed by atoms with van der Waals surface area (Å²) in [6, 6.07) is 18.9. The molecular formula is C22H11F3. The topological polar surface area (TPSA) is 0 Å². The Hall–Kier alpha value is -3.07. The monoisotopic (exact) mass is 332 g/mol. The van der Waals surface area contributed by atoms with E-state index in [1.54, 1.807) is 6.07 Å². The van der Waals surface area contributed by atoms with Gasteiger partial charge in [0.15, 0.2) is 0 Å². The van der Waals surface area contributed by atoms with Gasteiger partial charge in [-0.2, -0.15) is 0 Å². The van der Waals surface area contributed by atoms with Crippen molar-refractivity contribution in [3.8, 4) is 11.1 Å². The van der Waals surface area contributed by atoms with Crippen LogP contribution in [0.5, 0.6) is 0 Å². The second-order valence-corrected chi connectivity index (χ2v) is 6.21. The number of hydrogen-bond acceptors (Lipinski definition) is 0. The molecule has 0 aromatic heterocycles. The van der Waals surface area contributed by atoms with Crippen LogP contribution in [0.25, 0.3) is 43.4 Å². The van der Waals surface area contributed by atoms with Gasteiger partial charge in [0.25, 0.3) is 0 Å². The van der Waals surface area contributed by atoms with Crippen molar-refractivity contribution in [3.05, 3.63) is 84.2 Å². The van der Waals surface area contributed by atoms with Crippen molar-refractivity contribution in [2.75, 3.05) is 0 Å². The van der Waals surface area contributed by atoms with Gasteiger partial charge in [-0.3, -0.25) is 0 Å². The molecule has 0 unspecified atom stereocenters. The summed E-state index contributed by atoms with van der Waals surface area (Å²) >= 11 is 0. The Labute approximate surface area is 141 Å². The third kappa shape index (κ3) is 1.96. The van der Waals surface area contributed by atoms with E-state index in [0.29, 0.717) is 5.56 Å². The Morgan fingerprint density at radius 2 is 1.12 bits per heavy atom. The zero-order valence-corrected chi connectivity index (χ0v) is 13.0. The van der Waals surface area contributed by atoms with Gasteiger partial charge in [-0.1, -0.05) is 54.6 Å². The third-order valence-corrected chi connectivity index (χ3v) is 4.80. The zero-order valence-electron chi connectivity index (χ0n) is 13.0. The zero-order chi connectivity index (χ0) is 17.1. The fourth-order valence-electron chi connectivity index (χ4n) is 3.75. The third-order valence-electron chi connectivity index (χ3n) is 4.80. The molecule has 0 aliphatic carbocycles. The largest absolute Gasteiger partial charge is 0.207 e. The lowest BCUT2D eigenvalue weighted by molar-refractivity contribution is 0.548. The number of rotatable bonds is 1. The summed E-state index contributed by atoms with van der Waals surface area (Å²) in [5.41, 5.74) is 0.236. The van der Waals surface area contributed by atoms with E-state index in [0.717, 1.165) is 44.5 Å². The first-order valence-corrected chi connectivity index (χ1v) is 7.95. The van der Waals surface area contributed by atoms with Crippen LogP contribution >= 0.6 is 0 Å². The second-order valence-electron chi connectivity index (χ2n) is 6.21. The lowest BCUT2D eigenvalue weighted by atomic mass is 9.89. The molecule has 0 amide bonds. The number of hydrogen-bond donors (Lipinski definition) is 0. The summed E-state index contributed by atoms with van der Waals surface area (Å²) in [4.78, 5) is 0. The molecule has 0 nitrogen and oxygen atoms in total. The molecule has 0 N–H and O–H groups in total. The Balaban J connectivity index is 1.99. The Kier molecular flexibility index (Phi) is 2.84. The molecule has 0 aliphatic heterocycles. The van der Waals surface area contributed by atoms with E-state index < -0.39 is 17.5 Å². The lowest BCUT2D eigenvalue weighted by Gasteiger charge is -2.15. The summed E-state index contributed by atoms with van der Waals surface area (Å²) in [5, 5.41) is 5.95. The maximum atomic E-state index is 14.3. The molecule has 0 saturated carbocycles. The minimum absolute atomic E-state index is 0.195. The predicted octanol–water partition coefficient (Wildman–Crippen LogP) is 6.67. The number of halogens is 3. The van der Waals surface area contributed by atoms with E-state index in [4.69, 9.17) is 0 Å². The van der Waals surface area contributed by atoms with Crippen molar-refractivity contribution in [2.45, 2.75) is 0 Å². The van der Waals surface area contributed by atoms with Crippen molar-refractivity contribution in [1.82, 2.24) is 0 Å². The molecule has 0 spiro atoms. The van der Waals surface area contributed by atoms with Gasteiger partial charge in [0.05, 0.1) is 5.56 Å². The van der Waals surface area contributed by atoms with E-state index in [9.17, 15) is 13.2 Å². The van der Waals surface area contributed by atoms with E-state index in [1.165, 1.54) is 0 Å². The van der Waals surface area contributed by atoms with Crippen molar-refractivity contribution in [3.63, 3.8) is 0 Å². The van der Waals surface area contributed by atoms with Gasteiger partial charge >= 0.3 is 0 Å². The van der Waals surface area contributed by atoms with Crippen LogP contribution in [0.1, 0.15) is 0 Å². The Morgan fingerprint density at radius 1 is 0.560 bits per heavy atom. The second kappa shape index (κ2) is 4.96. The first kappa shape index (κ1) is 14.3. The van der Waals surface area contributed by atoms with E-state index in [1.807, 2.05) is 48.5 Å². The molecule has 120 valence electrons. The molecule has 0 atom stereocenters. The SMILES string of the molecule is Fc1cc(F)c(-c2ccc3ccc4cccc5ccc2c3c45)c(F)c1. The average Bonchev–Trinajstić information content (AvgIpc) is 2.60. The highest BCUT2D eigenvalue weighted by atomic mass is 19.1. The summed E-state index contributed by atoms with van der Waals surface area (Å²) in [7, 11) is 0. The quantitative estimate of drug-likeness (QED) is 0.301. The summed E-state index contributed by atoms with van der Waals surface area (Å²) in [6.45, 7) is 0. The van der Waals surface area contributed by atoms with Crippen LogP contribution in [0.4, 0.5) is 13.2 Å². The Morgan fingerprint density at radius 3 is 1.80 bits per heavy atom. The van der Waals surface area contributed by atoms with E-state index in [2.05, 4.69) is 0 Å². The highest BCUT2D eigenvalue weighted by Crippen LogP contribution is 2.40. The molecule has 0 bridgehead atoms. The lowest BCUT2D eigenvalue weighted by Crippen LogP contribution is -1.94. The molecule has 0 radical (unpaired) electrons. The van der Waals surface area contributed by atoms with Gasteiger partial charge in [0.2, 0.25) is 0 Å². The van der Waals surface area contributed by atoms with Crippen molar-refractivity contribution < 1.29 is 13.2 Å². The first-order valence-electron chi connectivity index (χ1n) is 7.95. The van der Waals surface area contributed by atoms with Gasteiger partial charge in [-0.15, -0.1) is 0 Å². The van der Waals surface area contributed by atoms with Crippen LogP contribution in [0.3, 0.4) is 0 Å². The summed E-state index contributed by atoms with van der Waals surface area (Å²) in [5.74, 6) is -2.71. The summed E-state index contributed by atoms with van der Waals surface area (Å²) < 4.78 is 42.0. The van der Waals surface area contributed by atoms with Crippen LogP contribution in [0, 0.1) is 17.5 Å². The molecular weight excluding hydrogens is 321 g/mol. The van der Waals surface area contributed by atoms with Crippen LogP contribution < -0.4 is 0 Å². The van der Waals surface area contributed by atoms with Gasteiger partial charge in [0.1, 0.15) is 17.5 Å². The molecule has 0 heterocycles. The molecule has 0 saturated heterocycles. The number of benzene rings is 5. The van der Waals surface area contributed by atoms with E-state index >= 15 is 0 Å². The van der Waals surface area contributed by atoms with Crippen molar-refractivity contribution in [1.29, 1.82) is 0 Å². The highest BCUT2D eigenvalue weighted by Gasteiger charge is 2.18. The van der Waals surface area contributed by atoms with Gasteiger partial charge in [-0.25, -0.2) is 13.2 Å². The molecule has 25 heavy (non-hydrogen) atoms. The minimum atomic E-state index is -0.920. The van der Waals surface area contributed by atoms with Crippen LogP contribution in [-0.2, 0) is 0 Å². The normalized spacial score (nSPS) is 11.8. The highest BCUT2D eigenvalue weighted by molar-refractivity contribution is 6.25. The Bertz CT molecular complexity index is 1230. The molecule has 3 heteroatoms. The molecule has 5 aromatic carbocycles. The van der Waals surface area contributed by atoms with Crippen LogP contribution in [-0.4, -0.2) is 0 Å². The average molecular weight is 332 g/mol. The maximum absolute atomic E-state index is 14.3. The molecule has 5 rings (SSSR count). The summed E-state index contributed by atoms with van der Waals surface area (Å²) in [6.07, 6.45) is 0. The predicted molar refractivity (Wildman–Crippen MR) is 95.5 cm³/mol. The minimum Gasteiger partial charge on any atom is -0.207 e. The standard InChI is InChI=1S/C22H11F3/c23-15-10-18(24)22(19(25)11-15)17-9-7-14-5-4-12-2-1-3-13-6-8-16(17)21(14)20(12)13/h1-11H. The van der Waals surface area contributed by atoms with Crippen molar-refractivity contribution in [2.24, 2.45) is 0 Å². The van der Waals surface area contributed by atoms with Gasteiger partial charge in [0, 0.05) is 12.1 Å². The van der Waals surface area contributed by atoms with E-state index in [-0.39, 0.29) is 5.56 Å². The first-order chi connectivity index (χ1) is 12.1. The van der Waals surface area contributed by atoms with Gasteiger partial charge < -0.3 is 0 Å². The molecule has 0 fully saturated rings. The van der Waals surface area contributed by atoms with Crippen molar-refractivity contribution >= 4 is 32.3 Å². The van der Waals surface area contributed by atoms with Crippen LogP contribution in [0.2, 0.25) is 0 Å². The fourth-order valence-corrected chi connectivity index (χ4v) is 3.75. The fraction of sp³-hybridized carbons (Fsp3) is 0. The van der Waals surface area contributed by atoms with Crippen LogP contribution in [0.15, 0.2) is 66.7 Å². The smallest absolute Gasteiger partial charge is 0.136 e.